The van der Waals surface area contributed by atoms with Gasteiger partial charge in [-0.15, -0.1) is 23.1 Å². The lowest BCUT2D eigenvalue weighted by molar-refractivity contribution is 0.0685. The molecule has 1 aliphatic heterocycles. The first-order valence-electron chi connectivity index (χ1n) is 16.1. The molecule has 0 saturated carbocycles. The summed E-state index contributed by atoms with van der Waals surface area (Å²) in [7, 11) is 1.80. The average Bonchev–Trinajstić information content (AvgIpc) is 3.67. The fourth-order valence-corrected chi connectivity index (χ4v) is 9.58. The van der Waals surface area contributed by atoms with Crippen LogP contribution in [0.25, 0.3) is 32.8 Å². The molecule has 3 aromatic carbocycles. The second-order valence-corrected chi connectivity index (χ2v) is 14.8. The van der Waals surface area contributed by atoms with Crippen molar-refractivity contribution in [3.8, 4) is 16.9 Å². The normalized spacial score (nSPS) is 14.2. The van der Waals surface area contributed by atoms with Crippen LogP contribution in [0.1, 0.15) is 55.0 Å². The van der Waals surface area contributed by atoms with Gasteiger partial charge in [0.05, 0.1) is 52.4 Å². The number of ether oxygens (including phenoxy) is 1. The third kappa shape index (κ3) is 6.00. The molecular formula is C37H37ClN4O4S2. The van der Waals surface area contributed by atoms with Gasteiger partial charge in [0, 0.05) is 51.8 Å². The predicted octanol–water partition coefficient (Wildman–Crippen LogP) is 8.16. The Morgan fingerprint density at radius 3 is 2.67 bits per heavy atom. The molecule has 0 unspecified atom stereocenters. The molecule has 248 valence electrons. The average molecular weight is 701 g/mol. The third-order valence-electron chi connectivity index (χ3n) is 9.15. The summed E-state index contributed by atoms with van der Waals surface area (Å²) >= 11 is 10.6. The Hall–Kier alpha value is -3.83. The van der Waals surface area contributed by atoms with Crippen molar-refractivity contribution in [2.45, 2.75) is 57.6 Å². The minimum Gasteiger partial charge on any atom is -0.493 e. The van der Waals surface area contributed by atoms with Gasteiger partial charge >= 0.3 is 5.97 Å². The van der Waals surface area contributed by atoms with E-state index >= 15 is 0 Å². The number of hydrogen-bond acceptors (Lipinski definition) is 7. The Morgan fingerprint density at radius 2 is 1.85 bits per heavy atom. The zero-order valence-electron chi connectivity index (χ0n) is 27.2. The molecule has 6 aromatic rings. The molecule has 4 heterocycles. The number of aromatic carboxylic acids is 1. The van der Waals surface area contributed by atoms with Gasteiger partial charge in [0.1, 0.15) is 11.4 Å². The SMILES string of the molecule is Cc1nc2sc1CSCc1c(c(C)nn1CCO)-c1c(Cl)ccc3c(c(C(=O)O)n(C)c13)CCCOc1cc(cc3ccccc13)CC2. The summed E-state index contributed by atoms with van der Waals surface area (Å²) in [5, 5.41) is 29.9. The molecule has 8 nitrogen and oxygen atoms in total. The number of carbonyl (C=O) groups is 1. The van der Waals surface area contributed by atoms with Crippen LogP contribution in [0.3, 0.4) is 0 Å². The summed E-state index contributed by atoms with van der Waals surface area (Å²) in [6.45, 7) is 4.77. The van der Waals surface area contributed by atoms with Crippen LogP contribution < -0.4 is 4.74 Å². The highest BCUT2D eigenvalue weighted by Crippen LogP contribution is 2.43. The van der Waals surface area contributed by atoms with Crippen LogP contribution in [-0.2, 0) is 44.4 Å². The van der Waals surface area contributed by atoms with Crippen molar-refractivity contribution in [3.63, 3.8) is 0 Å². The molecule has 0 fully saturated rings. The molecule has 1 aliphatic rings. The molecule has 0 aliphatic carbocycles. The monoisotopic (exact) mass is 700 g/mol. The van der Waals surface area contributed by atoms with Crippen molar-refractivity contribution in [1.29, 1.82) is 0 Å². The Morgan fingerprint density at radius 1 is 1.02 bits per heavy atom. The van der Waals surface area contributed by atoms with Gasteiger partial charge in [0.25, 0.3) is 0 Å². The molecular weight excluding hydrogens is 664 g/mol. The van der Waals surface area contributed by atoms with Crippen molar-refractivity contribution in [1.82, 2.24) is 19.3 Å². The van der Waals surface area contributed by atoms with Gasteiger partial charge in [-0.3, -0.25) is 4.68 Å². The molecule has 3 aromatic heterocycles. The van der Waals surface area contributed by atoms with Gasteiger partial charge < -0.3 is 19.5 Å². The lowest BCUT2D eigenvalue weighted by Crippen LogP contribution is -2.09. The quantitative estimate of drug-likeness (QED) is 0.192. The van der Waals surface area contributed by atoms with E-state index in [0.717, 1.165) is 84.8 Å². The van der Waals surface area contributed by atoms with Crippen molar-refractivity contribution in [2.75, 3.05) is 13.2 Å². The highest BCUT2D eigenvalue weighted by Gasteiger charge is 2.28. The Kier molecular flexibility index (Phi) is 9.26. The standard InChI is InChI=1S/C37H37ClN4O4S2/c1-21-31-20-47-19-29-33(22(2)40-42(29)14-15-43)34-28(38)12-11-27-26(36(37(44)45)41(3)35(27)34)9-6-16-46-30-18-23(10-13-32(39-21)48-31)17-24-7-4-5-8-25(24)30/h4-5,7-8,11-12,17-18,43H,6,9-10,13-16,19-20H2,1-3H3,(H,44,45). The summed E-state index contributed by atoms with van der Waals surface area (Å²) in [5.74, 6) is 1.28. The number of nitrogens with zero attached hydrogens (tertiary/aromatic N) is 4. The number of benzene rings is 3. The van der Waals surface area contributed by atoms with Gasteiger partial charge in [-0.05, 0) is 61.8 Å². The van der Waals surface area contributed by atoms with E-state index in [0.29, 0.717) is 36.8 Å². The molecule has 7 rings (SSSR count). The van der Waals surface area contributed by atoms with Crippen molar-refractivity contribution in [2.24, 2.45) is 7.05 Å². The van der Waals surface area contributed by atoms with Crippen molar-refractivity contribution in [3.05, 3.63) is 97.3 Å². The minimum absolute atomic E-state index is 0.0505. The van der Waals surface area contributed by atoms with Crippen LogP contribution in [0.5, 0.6) is 5.75 Å². The van der Waals surface area contributed by atoms with E-state index in [1.807, 2.05) is 35.9 Å². The van der Waals surface area contributed by atoms with Gasteiger partial charge in [0.2, 0.25) is 0 Å². The van der Waals surface area contributed by atoms with E-state index in [2.05, 4.69) is 31.2 Å². The highest BCUT2D eigenvalue weighted by molar-refractivity contribution is 7.97. The van der Waals surface area contributed by atoms with Crippen molar-refractivity contribution < 1.29 is 19.7 Å². The Bertz CT molecular complexity index is 2180. The number of fused-ring (bicyclic) bond motifs is 8. The molecule has 48 heavy (non-hydrogen) atoms. The first-order valence-corrected chi connectivity index (χ1v) is 18.5. The summed E-state index contributed by atoms with van der Waals surface area (Å²) in [5.41, 5.74) is 7.42. The molecule has 0 amide bonds. The molecule has 0 saturated heterocycles. The number of rotatable bonds is 3. The minimum atomic E-state index is -0.984. The van der Waals surface area contributed by atoms with Gasteiger partial charge in [-0.1, -0.05) is 48.0 Å². The topological polar surface area (TPSA) is 102 Å². The fourth-order valence-electron chi connectivity index (χ4n) is 6.99. The molecule has 8 bridgehead atoms. The van der Waals surface area contributed by atoms with Gasteiger partial charge in [-0.2, -0.15) is 5.10 Å². The number of aliphatic hydroxyl groups is 1. The Labute approximate surface area is 292 Å². The number of carboxylic acid groups (broad SMARTS) is 1. The van der Waals surface area contributed by atoms with Crippen LogP contribution in [0.4, 0.5) is 0 Å². The van der Waals surface area contributed by atoms with E-state index in [1.165, 1.54) is 10.4 Å². The van der Waals surface area contributed by atoms with E-state index in [1.54, 1.807) is 34.7 Å². The summed E-state index contributed by atoms with van der Waals surface area (Å²) in [4.78, 5) is 19.0. The second-order valence-electron chi connectivity index (χ2n) is 12.2. The lowest BCUT2D eigenvalue weighted by atomic mass is 9.98. The number of thiazole rings is 1. The largest absolute Gasteiger partial charge is 0.493 e. The Balaban J connectivity index is 1.37. The number of halogens is 1. The number of carboxylic acids is 1. The smallest absolute Gasteiger partial charge is 0.352 e. The second kappa shape index (κ2) is 13.6. The molecule has 0 spiro atoms. The first-order chi connectivity index (χ1) is 23.2. The van der Waals surface area contributed by atoms with Gasteiger partial charge in [0.15, 0.2) is 0 Å². The van der Waals surface area contributed by atoms with E-state index in [-0.39, 0.29) is 12.3 Å². The van der Waals surface area contributed by atoms with E-state index in [4.69, 9.17) is 26.4 Å². The number of hydrogen-bond donors (Lipinski definition) is 2. The van der Waals surface area contributed by atoms with Crippen LogP contribution in [0.15, 0.2) is 48.5 Å². The highest BCUT2D eigenvalue weighted by atomic mass is 35.5. The first kappa shape index (κ1) is 32.7. The zero-order chi connectivity index (χ0) is 33.5. The number of aliphatic hydroxyl groups excluding tert-OH is 1. The van der Waals surface area contributed by atoms with Crippen LogP contribution in [0, 0.1) is 13.8 Å². The fraction of sp³-hybridized carbons (Fsp3) is 0.324. The summed E-state index contributed by atoms with van der Waals surface area (Å²) in [6, 6.07) is 16.5. The van der Waals surface area contributed by atoms with E-state index < -0.39 is 5.97 Å². The molecule has 11 heteroatoms. The number of aryl methyl sites for hydroxylation is 6. The number of thioether (sulfide) groups is 1. The van der Waals surface area contributed by atoms with Gasteiger partial charge in [-0.25, -0.2) is 9.78 Å². The summed E-state index contributed by atoms with van der Waals surface area (Å²) < 4.78 is 10.1. The van der Waals surface area contributed by atoms with E-state index in [9.17, 15) is 15.0 Å². The third-order valence-corrected chi connectivity index (χ3v) is 11.8. The predicted molar refractivity (Wildman–Crippen MR) is 195 cm³/mol. The van der Waals surface area contributed by atoms with Crippen LogP contribution >= 0.6 is 34.7 Å². The lowest BCUT2D eigenvalue weighted by Gasteiger charge is -2.13. The summed E-state index contributed by atoms with van der Waals surface area (Å²) in [6.07, 6.45) is 2.85. The molecule has 0 radical (unpaired) electrons. The van der Waals surface area contributed by atoms with Crippen LogP contribution in [-0.4, -0.2) is 48.7 Å². The maximum absolute atomic E-state index is 12.8. The zero-order valence-corrected chi connectivity index (χ0v) is 29.6. The molecule has 2 N–H and O–H groups in total. The molecule has 0 atom stereocenters. The van der Waals surface area contributed by atoms with Crippen LogP contribution in [0.2, 0.25) is 5.02 Å². The number of aromatic nitrogens is 4. The maximum atomic E-state index is 12.8. The van der Waals surface area contributed by atoms with Crippen molar-refractivity contribution >= 4 is 62.3 Å². The maximum Gasteiger partial charge on any atom is 0.352 e.